The summed E-state index contributed by atoms with van der Waals surface area (Å²) in [6.07, 6.45) is 0. The molecule has 1 aliphatic heterocycles. The average molecular weight is 404 g/mol. The van der Waals surface area contributed by atoms with Gasteiger partial charge in [-0.2, -0.15) is 0 Å². The molecule has 0 aromatic heterocycles. The fourth-order valence-electron chi connectivity index (χ4n) is 3.06. The fraction of sp³-hybridized carbons (Fsp3) is 0.350. The highest BCUT2D eigenvalue weighted by molar-refractivity contribution is 7.99. The first-order chi connectivity index (χ1) is 13.6. The van der Waals surface area contributed by atoms with Gasteiger partial charge in [-0.25, -0.2) is 4.79 Å². The molecule has 2 aromatic carbocycles. The Hall–Kier alpha value is -2.74. The summed E-state index contributed by atoms with van der Waals surface area (Å²) in [6.45, 7) is 0.625. The van der Waals surface area contributed by atoms with E-state index in [-0.39, 0.29) is 11.4 Å². The number of hydrogen-bond acceptors (Lipinski definition) is 6. The van der Waals surface area contributed by atoms with Gasteiger partial charge >= 0.3 is 6.03 Å². The lowest BCUT2D eigenvalue weighted by atomic mass is 10.1. The number of rotatable bonds is 6. The van der Waals surface area contributed by atoms with Gasteiger partial charge in [-0.3, -0.25) is 0 Å². The SMILES string of the molecule is COc1ccc(NC(=O)N2CCS[C@@H]2c2cc(OC)ccc2OC)c(OC)c1. The van der Waals surface area contributed by atoms with Gasteiger partial charge in [-0.05, 0) is 30.3 Å². The third kappa shape index (κ3) is 4.06. The minimum absolute atomic E-state index is 0.172. The number of anilines is 1. The summed E-state index contributed by atoms with van der Waals surface area (Å²) in [4.78, 5) is 14.8. The van der Waals surface area contributed by atoms with E-state index in [1.807, 2.05) is 18.2 Å². The number of amides is 2. The zero-order valence-corrected chi connectivity index (χ0v) is 17.2. The molecule has 1 aliphatic rings. The van der Waals surface area contributed by atoms with E-state index in [9.17, 15) is 4.79 Å². The van der Waals surface area contributed by atoms with Crippen LogP contribution in [0.1, 0.15) is 10.9 Å². The van der Waals surface area contributed by atoms with Gasteiger partial charge in [0.15, 0.2) is 0 Å². The van der Waals surface area contributed by atoms with Crippen molar-refractivity contribution in [3.8, 4) is 23.0 Å². The number of urea groups is 1. The van der Waals surface area contributed by atoms with Crippen molar-refractivity contribution in [3.63, 3.8) is 0 Å². The third-order valence-corrected chi connectivity index (χ3v) is 5.75. The van der Waals surface area contributed by atoms with Crippen molar-refractivity contribution in [2.45, 2.75) is 5.37 Å². The van der Waals surface area contributed by atoms with Crippen molar-refractivity contribution in [1.82, 2.24) is 4.90 Å². The van der Waals surface area contributed by atoms with Gasteiger partial charge in [0.25, 0.3) is 0 Å². The van der Waals surface area contributed by atoms with Gasteiger partial charge < -0.3 is 29.2 Å². The summed E-state index contributed by atoms with van der Waals surface area (Å²) in [5.74, 6) is 3.47. The maximum Gasteiger partial charge on any atom is 0.323 e. The molecule has 0 aliphatic carbocycles. The van der Waals surface area contributed by atoms with E-state index in [4.69, 9.17) is 18.9 Å². The molecular formula is C20H24N2O5S. The average Bonchev–Trinajstić information content (AvgIpc) is 3.23. The minimum Gasteiger partial charge on any atom is -0.497 e. The maximum absolute atomic E-state index is 13.0. The first kappa shape index (κ1) is 20.0. The zero-order valence-electron chi connectivity index (χ0n) is 16.4. The summed E-state index contributed by atoms with van der Waals surface area (Å²) in [6, 6.07) is 10.7. The van der Waals surface area contributed by atoms with E-state index in [2.05, 4.69) is 5.32 Å². The Kier molecular flexibility index (Phi) is 6.41. The highest BCUT2D eigenvalue weighted by Gasteiger charge is 2.33. The maximum atomic E-state index is 13.0. The van der Waals surface area contributed by atoms with Gasteiger partial charge in [0.05, 0.1) is 34.1 Å². The summed E-state index contributed by atoms with van der Waals surface area (Å²) < 4.78 is 21.4. The zero-order chi connectivity index (χ0) is 20.1. The second-order valence-electron chi connectivity index (χ2n) is 6.02. The highest BCUT2D eigenvalue weighted by atomic mass is 32.2. The quantitative estimate of drug-likeness (QED) is 0.785. The van der Waals surface area contributed by atoms with Crippen molar-refractivity contribution in [3.05, 3.63) is 42.0 Å². The van der Waals surface area contributed by atoms with E-state index in [0.717, 1.165) is 22.8 Å². The van der Waals surface area contributed by atoms with E-state index in [1.54, 1.807) is 63.3 Å². The molecule has 1 N–H and O–H groups in total. The smallest absolute Gasteiger partial charge is 0.323 e. The van der Waals surface area contributed by atoms with Gasteiger partial charge in [0.2, 0.25) is 0 Å². The van der Waals surface area contributed by atoms with Crippen LogP contribution in [0.2, 0.25) is 0 Å². The summed E-state index contributed by atoms with van der Waals surface area (Å²) in [7, 11) is 6.38. The van der Waals surface area contributed by atoms with Crippen LogP contribution in [0.25, 0.3) is 0 Å². The van der Waals surface area contributed by atoms with E-state index < -0.39 is 0 Å². The van der Waals surface area contributed by atoms with Crippen molar-refractivity contribution in [1.29, 1.82) is 0 Å². The van der Waals surface area contributed by atoms with Gasteiger partial charge in [-0.1, -0.05) is 0 Å². The number of nitrogens with zero attached hydrogens (tertiary/aromatic N) is 1. The molecule has 28 heavy (non-hydrogen) atoms. The molecule has 1 atom stereocenters. The van der Waals surface area contributed by atoms with Crippen molar-refractivity contribution in [2.24, 2.45) is 0 Å². The van der Waals surface area contributed by atoms with Crippen molar-refractivity contribution < 1.29 is 23.7 Å². The molecule has 0 bridgehead atoms. The van der Waals surface area contributed by atoms with Crippen LogP contribution < -0.4 is 24.3 Å². The number of ether oxygens (including phenoxy) is 4. The predicted molar refractivity (Wildman–Crippen MR) is 110 cm³/mol. The lowest BCUT2D eigenvalue weighted by Crippen LogP contribution is -2.34. The number of hydrogen-bond donors (Lipinski definition) is 1. The van der Waals surface area contributed by atoms with Crippen LogP contribution in [0, 0.1) is 0 Å². The molecule has 1 fully saturated rings. The Labute approximate surface area is 168 Å². The Bertz CT molecular complexity index is 845. The third-order valence-electron chi connectivity index (χ3n) is 4.51. The molecule has 150 valence electrons. The molecule has 0 radical (unpaired) electrons. The summed E-state index contributed by atoms with van der Waals surface area (Å²) in [5, 5.41) is 2.77. The van der Waals surface area contributed by atoms with Crippen molar-refractivity contribution >= 4 is 23.5 Å². The Balaban J connectivity index is 1.84. The molecule has 1 heterocycles. The monoisotopic (exact) mass is 404 g/mol. The number of thioether (sulfide) groups is 1. The predicted octanol–water partition coefficient (Wildman–Crippen LogP) is 4.00. The van der Waals surface area contributed by atoms with Crippen LogP contribution in [0.5, 0.6) is 23.0 Å². The molecule has 3 rings (SSSR count). The highest BCUT2D eigenvalue weighted by Crippen LogP contribution is 2.43. The van der Waals surface area contributed by atoms with Crippen LogP contribution in [0.4, 0.5) is 10.5 Å². The lowest BCUT2D eigenvalue weighted by Gasteiger charge is -2.26. The summed E-state index contributed by atoms with van der Waals surface area (Å²) >= 11 is 1.69. The number of benzene rings is 2. The first-order valence-corrected chi connectivity index (χ1v) is 9.79. The molecular weight excluding hydrogens is 380 g/mol. The number of nitrogens with one attached hydrogen (secondary N) is 1. The fourth-order valence-corrected chi connectivity index (χ4v) is 4.33. The first-order valence-electron chi connectivity index (χ1n) is 8.74. The van der Waals surface area contributed by atoms with Crippen LogP contribution in [0.3, 0.4) is 0 Å². The van der Waals surface area contributed by atoms with Crippen LogP contribution in [-0.2, 0) is 0 Å². The van der Waals surface area contributed by atoms with Gasteiger partial charge in [-0.15, -0.1) is 11.8 Å². The number of carbonyl (C=O) groups is 1. The van der Waals surface area contributed by atoms with Crippen LogP contribution >= 0.6 is 11.8 Å². The number of carbonyl (C=O) groups excluding carboxylic acids is 1. The lowest BCUT2D eigenvalue weighted by molar-refractivity contribution is 0.213. The molecule has 0 spiro atoms. The Morgan fingerprint density at radius 3 is 2.32 bits per heavy atom. The van der Waals surface area contributed by atoms with Crippen LogP contribution in [0.15, 0.2) is 36.4 Å². The Morgan fingerprint density at radius 2 is 1.64 bits per heavy atom. The molecule has 2 amide bonds. The minimum atomic E-state index is -0.205. The van der Waals surface area contributed by atoms with Gasteiger partial charge in [0, 0.05) is 23.9 Å². The second-order valence-corrected chi connectivity index (χ2v) is 7.21. The van der Waals surface area contributed by atoms with E-state index >= 15 is 0 Å². The summed E-state index contributed by atoms with van der Waals surface area (Å²) in [5.41, 5.74) is 1.49. The molecule has 1 saturated heterocycles. The molecule has 8 heteroatoms. The molecule has 2 aromatic rings. The number of methoxy groups -OCH3 is 4. The molecule has 0 unspecified atom stereocenters. The largest absolute Gasteiger partial charge is 0.497 e. The second kappa shape index (κ2) is 8.97. The van der Waals surface area contributed by atoms with Crippen molar-refractivity contribution in [2.75, 3.05) is 46.1 Å². The topological polar surface area (TPSA) is 69.3 Å². The normalized spacial score (nSPS) is 15.9. The van der Waals surface area contributed by atoms with E-state index in [1.165, 1.54) is 0 Å². The molecule has 0 saturated carbocycles. The Morgan fingerprint density at radius 1 is 0.964 bits per heavy atom. The van der Waals surface area contributed by atoms with Gasteiger partial charge in [0.1, 0.15) is 28.4 Å². The molecule has 7 nitrogen and oxygen atoms in total. The standard InChI is InChI=1S/C20H24N2O5S/c1-24-13-6-8-17(26-3)15(11-13)19-22(9-10-28-19)20(23)21-16-7-5-14(25-2)12-18(16)27-4/h5-8,11-12,19H,9-10H2,1-4H3,(H,21,23)/t19-/m1/s1. The van der Waals surface area contributed by atoms with Crippen LogP contribution in [-0.4, -0.2) is 51.7 Å². The van der Waals surface area contributed by atoms with E-state index in [0.29, 0.717) is 23.7 Å².